The van der Waals surface area contributed by atoms with Crippen LogP contribution in [0.4, 0.5) is 11.8 Å². The first-order valence-electron chi connectivity index (χ1n) is 10.3. The number of anilines is 2. The van der Waals surface area contributed by atoms with Crippen LogP contribution in [0.1, 0.15) is 44.1 Å². The van der Waals surface area contributed by atoms with E-state index in [0.717, 1.165) is 30.7 Å². The van der Waals surface area contributed by atoms with Gasteiger partial charge >= 0.3 is 0 Å². The molecule has 1 saturated carbocycles. The first-order chi connectivity index (χ1) is 13.8. The summed E-state index contributed by atoms with van der Waals surface area (Å²) in [6.07, 6.45) is 9.58. The van der Waals surface area contributed by atoms with Crippen molar-refractivity contribution in [2.75, 3.05) is 24.1 Å². The maximum Gasteiger partial charge on any atom is 0.224 e. The van der Waals surface area contributed by atoms with Crippen LogP contribution in [0, 0.1) is 0 Å². The van der Waals surface area contributed by atoms with Crippen molar-refractivity contribution in [1.82, 2.24) is 24.8 Å². The van der Waals surface area contributed by atoms with Gasteiger partial charge in [-0.05, 0) is 31.4 Å². The highest BCUT2D eigenvalue weighted by atomic mass is 15.2. The predicted octanol–water partition coefficient (Wildman–Crippen LogP) is 3.18. The molecule has 7 heteroatoms. The number of nitrogens with zero attached hydrogens (tertiary/aromatic N) is 4. The third-order valence-electron chi connectivity index (χ3n) is 5.36. The summed E-state index contributed by atoms with van der Waals surface area (Å²) in [7, 11) is 0. The second kappa shape index (κ2) is 9.01. The van der Waals surface area contributed by atoms with Crippen molar-refractivity contribution in [1.29, 1.82) is 0 Å². The fourth-order valence-corrected chi connectivity index (χ4v) is 3.89. The van der Waals surface area contributed by atoms with Crippen LogP contribution in [-0.4, -0.2) is 38.7 Å². The van der Waals surface area contributed by atoms with Gasteiger partial charge < -0.3 is 20.9 Å². The normalized spacial score (nSPS) is 15.1. The number of nitrogens with two attached hydrogens (primary N) is 1. The van der Waals surface area contributed by atoms with Gasteiger partial charge in [0.15, 0.2) is 17.0 Å². The second-order valence-electron chi connectivity index (χ2n) is 7.53. The van der Waals surface area contributed by atoms with Gasteiger partial charge in [0.25, 0.3) is 0 Å². The van der Waals surface area contributed by atoms with E-state index >= 15 is 0 Å². The van der Waals surface area contributed by atoms with Crippen molar-refractivity contribution in [2.24, 2.45) is 0 Å². The molecule has 0 amide bonds. The topological polar surface area (TPSA) is 93.7 Å². The van der Waals surface area contributed by atoms with Crippen molar-refractivity contribution in [3.8, 4) is 0 Å². The predicted molar refractivity (Wildman–Crippen MR) is 113 cm³/mol. The molecule has 2 heterocycles. The summed E-state index contributed by atoms with van der Waals surface area (Å²) in [4.78, 5) is 13.3. The molecule has 4 N–H and O–H groups in total. The molecular weight excluding hydrogens is 350 g/mol. The monoisotopic (exact) mass is 379 g/mol. The molecule has 1 aliphatic rings. The fraction of sp³-hybridized carbons (Fsp3) is 0.476. The molecule has 0 unspecified atom stereocenters. The summed E-state index contributed by atoms with van der Waals surface area (Å²) in [6, 6.07) is 11.0. The van der Waals surface area contributed by atoms with Gasteiger partial charge in [-0.25, -0.2) is 4.98 Å². The molecular formula is C21H29N7. The lowest BCUT2D eigenvalue weighted by Crippen LogP contribution is -2.32. The van der Waals surface area contributed by atoms with Gasteiger partial charge in [0, 0.05) is 12.6 Å². The lowest BCUT2D eigenvalue weighted by molar-refractivity contribution is 0.373. The number of hydrogen-bond donors (Lipinski definition) is 3. The van der Waals surface area contributed by atoms with Crippen LogP contribution in [0.25, 0.3) is 11.2 Å². The van der Waals surface area contributed by atoms with Crippen LogP contribution in [0.3, 0.4) is 0 Å². The number of nitrogen functional groups attached to an aromatic ring is 1. The quantitative estimate of drug-likeness (QED) is 0.521. The van der Waals surface area contributed by atoms with Gasteiger partial charge in [0.05, 0.1) is 12.9 Å². The van der Waals surface area contributed by atoms with E-state index in [4.69, 9.17) is 5.73 Å². The number of hydrogen-bond acceptors (Lipinski definition) is 6. The van der Waals surface area contributed by atoms with Crippen molar-refractivity contribution in [3.05, 3.63) is 42.2 Å². The third-order valence-corrected chi connectivity index (χ3v) is 5.36. The molecule has 2 aromatic heterocycles. The molecule has 148 valence electrons. The molecule has 0 aliphatic heterocycles. The minimum Gasteiger partial charge on any atom is -0.368 e. The van der Waals surface area contributed by atoms with Crippen LogP contribution in [-0.2, 0) is 6.54 Å². The molecule has 0 radical (unpaired) electrons. The zero-order chi connectivity index (χ0) is 19.2. The Morgan fingerprint density at radius 3 is 2.68 bits per heavy atom. The Morgan fingerprint density at radius 2 is 1.86 bits per heavy atom. The van der Waals surface area contributed by atoms with Crippen molar-refractivity contribution in [3.63, 3.8) is 0 Å². The minimum absolute atomic E-state index is 0.269. The van der Waals surface area contributed by atoms with Crippen LogP contribution in [0.5, 0.6) is 0 Å². The molecule has 4 rings (SSSR count). The summed E-state index contributed by atoms with van der Waals surface area (Å²) in [5, 5.41) is 7.07. The van der Waals surface area contributed by atoms with E-state index in [1.165, 1.54) is 37.7 Å². The molecule has 0 spiro atoms. The molecule has 0 atom stereocenters. The Labute approximate surface area is 165 Å². The van der Waals surface area contributed by atoms with E-state index in [9.17, 15) is 0 Å². The molecule has 7 nitrogen and oxygen atoms in total. The average Bonchev–Trinajstić information content (AvgIpc) is 3.12. The number of rotatable bonds is 8. The van der Waals surface area contributed by atoms with Crippen molar-refractivity contribution >= 4 is 22.9 Å². The molecule has 0 bridgehead atoms. The number of nitrogens with one attached hydrogen (secondary N) is 2. The van der Waals surface area contributed by atoms with Gasteiger partial charge in [-0.1, -0.05) is 49.6 Å². The maximum atomic E-state index is 5.96. The Kier molecular flexibility index (Phi) is 6.01. The van der Waals surface area contributed by atoms with Crippen LogP contribution < -0.4 is 16.4 Å². The molecule has 1 fully saturated rings. The van der Waals surface area contributed by atoms with E-state index in [-0.39, 0.29) is 5.95 Å². The molecule has 28 heavy (non-hydrogen) atoms. The van der Waals surface area contributed by atoms with E-state index < -0.39 is 0 Å². The van der Waals surface area contributed by atoms with E-state index in [1.54, 1.807) is 0 Å². The van der Waals surface area contributed by atoms with E-state index in [2.05, 4.69) is 37.7 Å². The SMILES string of the molecule is Nc1nc(NCCCNC2CCCCC2)c2ncn(Cc3ccccc3)c2n1. The average molecular weight is 380 g/mol. The third kappa shape index (κ3) is 4.59. The van der Waals surface area contributed by atoms with Crippen LogP contribution in [0.15, 0.2) is 36.7 Å². The number of imidazole rings is 1. The van der Waals surface area contributed by atoms with Gasteiger partial charge in [-0.15, -0.1) is 0 Å². The Hall–Kier alpha value is -2.67. The van der Waals surface area contributed by atoms with Gasteiger partial charge in [-0.3, -0.25) is 0 Å². The zero-order valence-electron chi connectivity index (χ0n) is 16.3. The summed E-state index contributed by atoms with van der Waals surface area (Å²) in [6.45, 7) is 2.55. The molecule has 1 aromatic carbocycles. The smallest absolute Gasteiger partial charge is 0.224 e. The van der Waals surface area contributed by atoms with E-state index in [1.807, 2.05) is 29.1 Å². The number of aromatic nitrogens is 4. The molecule has 3 aromatic rings. The highest BCUT2D eigenvalue weighted by molar-refractivity contribution is 5.84. The Morgan fingerprint density at radius 1 is 1.04 bits per heavy atom. The minimum atomic E-state index is 0.269. The summed E-state index contributed by atoms with van der Waals surface area (Å²) < 4.78 is 2.01. The lowest BCUT2D eigenvalue weighted by Gasteiger charge is -2.22. The number of benzene rings is 1. The largest absolute Gasteiger partial charge is 0.368 e. The summed E-state index contributed by atoms with van der Waals surface area (Å²) in [5.41, 5.74) is 8.69. The Balaban J connectivity index is 1.37. The highest BCUT2D eigenvalue weighted by Gasteiger charge is 2.13. The molecule has 0 saturated heterocycles. The van der Waals surface area contributed by atoms with Crippen molar-refractivity contribution in [2.45, 2.75) is 51.1 Å². The Bertz CT molecular complexity index is 884. The van der Waals surface area contributed by atoms with Crippen LogP contribution in [0.2, 0.25) is 0 Å². The summed E-state index contributed by atoms with van der Waals surface area (Å²) >= 11 is 0. The van der Waals surface area contributed by atoms with E-state index in [0.29, 0.717) is 18.4 Å². The number of fused-ring (bicyclic) bond motifs is 1. The van der Waals surface area contributed by atoms with Crippen LogP contribution >= 0.6 is 0 Å². The van der Waals surface area contributed by atoms with Gasteiger partial charge in [0.1, 0.15) is 0 Å². The van der Waals surface area contributed by atoms with Gasteiger partial charge in [-0.2, -0.15) is 9.97 Å². The standard InChI is InChI=1S/C21H29N7/c22-21-26-19(24-13-7-12-23-17-10-5-2-6-11-17)18-20(27-21)28(15-25-18)14-16-8-3-1-4-9-16/h1,3-4,8-9,15,17,23H,2,5-7,10-14H2,(H3,22,24,26,27). The summed E-state index contributed by atoms with van der Waals surface area (Å²) in [5.74, 6) is 0.983. The fourth-order valence-electron chi connectivity index (χ4n) is 3.89. The van der Waals surface area contributed by atoms with Crippen molar-refractivity contribution < 1.29 is 0 Å². The molecule has 1 aliphatic carbocycles. The first-order valence-corrected chi connectivity index (χ1v) is 10.3. The van der Waals surface area contributed by atoms with Gasteiger partial charge in [0.2, 0.25) is 5.95 Å². The maximum absolute atomic E-state index is 5.96. The zero-order valence-corrected chi connectivity index (χ0v) is 16.3. The lowest BCUT2D eigenvalue weighted by atomic mass is 9.95. The first kappa shape index (κ1) is 18.7. The highest BCUT2D eigenvalue weighted by Crippen LogP contribution is 2.21. The second-order valence-corrected chi connectivity index (χ2v) is 7.53.